The van der Waals surface area contributed by atoms with Gasteiger partial charge in [0.05, 0.1) is 0 Å². The second-order valence-electron chi connectivity index (χ2n) is 4.15. The molecule has 0 aliphatic carbocycles. The van der Waals surface area contributed by atoms with E-state index < -0.39 is 0 Å². The summed E-state index contributed by atoms with van der Waals surface area (Å²) >= 11 is 0. The quantitative estimate of drug-likeness (QED) is 0.501. The van der Waals surface area contributed by atoms with Crippen molar-refractivity contribution in [3.63, 3.8) is 0 Å². The smallest absolute Gasteiger partial charge is 0.151 e. The van der Waals surface area contributed by atoms with Gasteiger partial charge in [0.1, 0.15) is 0 Å². The number of rotatable bonds is 2. The predicted molar refractivity (Wildman–Crippen MR) is 72.2 cm³/mol. The molecule has 2 heteroatoms. The van der Waals surface area contributed by atoms with E-state index in [-0.39, 0.29) is 0 Å². The number of carbonyl (C=O) groups is 2. The van der Waals surface area contributed by atoms with Crippen LogP contribution in [-0.2, 0) is 0 Å². The summed E-state index contributed by atoms with van der Waals surface area (Å²) in [4.78, 5) is 22.6. The van der Waals surface area contributed by atoms with E-state index in [0.29, 0.717) is 11.1 Å². The lowest BCUT2D eigenvalue weighted by atomic mass is 9.93. The van der Waals surface area contributed by atoms with Crippen LogP contribution < -0.4 is 0 Å². The summed E-state index contributed by atoms with van der Waals surface area (Å²) in [6.45, 7) is 0. The minimum Gasteiger partial charge on any atom is -0.298 e. The van der Waals surface area contributed by atoms with Crippen molar-refractivity contribution in [1.82, 2.24) is 0 Å². The first-order chi connectivity index (χ1) is 8.86. The summed E-state index contributed by atoms with van der Waals surface area (Å²) in [5.74, 6) is 0. The largest absolute Gasteiger partial charge is 0.298 e. The maximum absolute atomic E-state index is 11.3. The molecule has 0 unspecified atom stereocenters. The zero-order valence-corrected chi connectivity index (χ0v) is 9.59. The maximum atomic E-state index is 11.3. The van der Waals surface area contributed by atoms with Crippen molar-refractivity contribution in [3.8, 4) is 0 Å². The zero-order valence-electron chi connectivity index (χ0n) is 9.59. The van der Waals surface area contributed by atoms with Gasteiger partial charge in [-0.25, -0.2) is 0 Å². The van der Waals surface area contributed by atoms with Crippen LogP contribution in [0.25, 0.3) is 21.5 Å². The summed E-state index contributed by atoms with van der Waals surface area (Å²) in [7, 11) is 0. The van der Waals surface area contributed by atoms with E-state index in [1.165, 1.54) is 0 Å². The Morgan fingerprint density at radius 1 is 0.556 bits per heavy atom. The van der Waals surface area contributed by atoms with E-state index in [2.05, 4.69) is 0 Å². The van der Waals surface area contributed by atoms with Gasteiger partial charge in [-0.05, 0) is 21.5 Å². The molecule has 3 rings (SSSR count). The van der Waals surface area contributed by atoms with Gasteiger partial charge >= 0.3 is 0 Å². The van der Waals surface area contributed by atoms with E-state index in [4.69, 9.17) is 0 Å². The number of hydrogen-bond acceptors (Lipinski definition) is 2. The Bertz CT molecular complexity index is 706. The van der Waals surface area contributed by atoms with Crippen molar-refractivity contribution < 1.29 is 9.59 Å². The maximum Gasteiger partial charge on any atom is 0.151 e. The Balaban J connectivity index is 2.70. The molecule has 0 saturated carbocycles. The molecule has 0 aromatic heterocycles. The summed E-state index contributed by atoms with van der Waals surface area (Å²) in [6.07, 6.45) is 1.52. The topological polar surface area (TPSA) is 34.1 Å². The van der Waals surface area contributed by atoms with Gasteiger partial charge in [0, 0.05) is 11.1 Å². The second kappa shape index (κ2) is 4.08. The molecule has 0 fully saturated rings. The third-order valence-electron chi connectivity index (χ3n) is 3.25. The Labute approximate surface area is 104 Å². The molecule has 0 saturated heterocycles. The first kappa shape index (κ1) is 10.7. The van der Waals surface area contributed by atoms with Gasteiger partial charge < -0.3 is 0 Å². The Morgan fingerprint density at radius 2 is 0.889 bits per heavy atom. The van der Waals surface area contributed by atoms with Crippen LogP contribution in [0.4, 0.5) is 0 Å². The lowest BCUT2D eigenvalue weighted by Gasteiger charge is -2.09. The normalized spacial score (nSPS) is 10.7. The number of aldehydes is 2. The second-order valence-corrected chi connectivity index (χ2v) is 4.15. The Hall–Kier alpha value is -2.48. The van der Waals surface area contributed by atoms with Crippen LogP contribution in [0, 0.1) is 0 Å². The number of fused-ring (bicyclic) bond motifs is 3. The van der Waals surface area contributed by atoms with Crippen LogP contribution in [0.1, 0.15) is 20.7 Å². The van der Waals surface area contributed by atoms with Gasteiger partial charge in [-0.2, -0.15) is 0 Å². The molecule has 0 amide bonds. The van der Waals surface area contributed by atoms with E-state index in [1.807, 2.05) is 48.5 Å². The monoisotopic (exact) mass is 234 g/mol. The highest BCUT2D eigenvalue weighted by Crippen LogP contribution is 2.30. The first-order valence-electron chi connectivity index (χ1n) is 5.70. The highest BCUT2D eigenvalue weighted by Gasteiger charge is 2.12. The predicted octanol–water partition coefficient (Wildman–Crippen LogP) is 3.62. The molecule has 3 aromatic carbocycles. The van der Waals surface area contributed by atoms with E-state index in [1.54, 1.807) is 0 Å². The van der Waals surface area contributed by atoms with Crippen LogP contribution in [0.2, 0.25) is 0 Å². The Morgan fingerprint density at radius 3 is 1.22 bits per heavy atom. The van der Waals surface area contributed by atoms with Crippen LogP contribution in [0.15, 0.2) is 48.5 Å². The highest BCUT2D eigenvalue weighted by molar-refractivity contribution is 6.20. The van der Waals surface area contributed by atoms with Crippen molar-refractivity contribution in [2.75, 3.05) is 0 Å². The summed E-state index contributed by atoms with van der Waals surface area (Å²) in [5.41, 5.74) is 0.943. The molecule has 0 spiro atoms. The van der Waals surface area contributed by atoms with Crippen LogP contribution in [-0.4, -0.2) is 12.6 Å². The fourth-order valence-corrected chi connectivity index (χ4v) is 2.45. The molecule has 0 aliphatic rings. The van der Waals surface area contributed by atoms with Gasteiger partial charge in [0.25, 0.3) is 0 Å². The van der Waals surface area contributed by atoms with E-state index >= 15 is 0 Å². The lowest BCUT2D eigenvalue weighted by Crippen LogP contribution is -1.95. The third kappa shape index (κ3) is 1.36. The molecule has 0 bridgehead atoms. The number of benzene rings is 3. The van der Waals surface area contributed by atoms with Crippen molar-refractivity contribution in [1.29, 1.82) is 0 Å². The van der Waals surface area contributed by atoms with Gasteiger partial charge in [-0.3, -0.25) is 9.59 Å². The Kier molecular flexibility index (Phi) is 2.41. The van der Waals surface area contributed by atoms with Crippen LogP contribution >= 0.6 is 0 Å². The van der Waals surface area contributed by atoms with Gasteiger partial charge in [0.2, 0.25) is 0 Å². The number of carbonyl (C=O) groups excluding carboxylic acids is 2. The fraction of sp³-hybridized carbons (Fsp3) is 0. The van der Waals surface area contributed by atoms with Crippen LogP contribution in [0.5, 0.6) is 0 Å². The molecule has 2 nitrogen and oxygen atoms in total. The molecule has 18 heavy (non-hydrogen) atoms. The van der Waals surface area contributed by atoms with Crippen molar-refractivity contribution >= 4 is 34.1 Å². The van der Waals surface area contributed by atoms with Crippen molar-refractivity contribution in [2.45, 2.75) is 0 Å². The first-order valence-corrected chi connectivity index (χ1v) is 5.70. The molecule has 0 N–H and O–H groups in total. The molecule has 0 atom stereocenters. The van der Waals surface area contributed by atoms with Crippen molar-refractivity contribution in [3.05, 3.63) is 59.7 Å². The zero-order chi connectivity index (χ0) is 12.5. The molecule has 0 aliphatic heterocycles. The summed E-state index contributed by atoms with van der Waals surface area (Å²) in [6, 6.07) is 15.3. The summed E-state index contributed by atoms with van der Waals surface area (Å²) in [5, 5.41) is 3.66. The minimum atomic E-state index is 0.472. The number of hydrogen-bond donors (Lipinski definition) is 0. The molecule has 3 aromatic rings. The van der Waals surface area contributed by atoms with Gasteiger partial charge in [-0.15, -0.1) is 0 Å². The van der Waals surface area contributed by atoms with Crippen LogP contribution in [0.3, 0.4) is 0 Å². The SMILES string of the molecule is O=Cc1c(C=O)c2ccccc2c2ccccc12. The molecule has 0 heterocycles. The van der Waals surface area contributed by atoms with E-state index in [9.17, 15) is 9.59 Å². The standard InChI is InChI=1S/C16H10O2/c17-9-15-13-7-3-1-5-11(13)12-6-2-4-8-14(12)16(15)10-18/h1-10H. The molecular weight excluding hydrogens is 224 g/mol. The molecular formula is C16H10O2. The van der Waals surface area contributed by atoms with Crippen molar-refractivity contribution in [2.24, 2.45) is 0 Å². The average Bonchev–Trinajstić information content (AvgIpc) is 2.45. The van der Waals surface area contributed by atoms with Gasteiger partial charge in [-0.1, -0.05) is 48.5 Å². The van der Waals surface area contributed by atoms with Gasteiger partial charge in [0.15, 0.2) is 12.6 Å². The molecule has 86 valence electrons. The summed E-state index contributed by atoms with van der Waals surface area (Å²) < 4.78 is 0. The average molecular weight is 234 g/mol. The molecule has 0 radical (unpaired) electrons. The lowest BCUT2D eigenvalue weighted by molar-refractivity contribution is 0.109. The fourth-order valence-electron chi connectivity index (χ4n) is 2.45. The minimum absolute atomic E-state index is 0.472. The highest BCUT2D eigenvalue weighted by atomic mass is 16.1. The van der Waals surface area contributed by atoms with E-state index in [0.717, 1.165) is 34.1 Å². The third-order valence-corrected chi connectivity index (χ3v) is 3.25.